The minimum Gasteiger partial charge on any atom is -0.322 e. The quantitative estimate of drug-likeness (QED) is 0.878. The fraction of sp³-hybridized carbons (Fsp3) is 0.588. The van der Waals surface area contributed by atoms with Crippen LogP contribution < -0.4 is 5.32 Å². The molecule has 2 aromatic rings. The van der Waals surface area contributed by atoms with Crippen LogP contribution >= 0.6 is 0 Å². The maximum Gasteiger partial charge on any atom is 0.238 e. The molecule has 2 N–H and O–H groups in total. The van der Waals surface area contributed by atoms with Gasteiger partial charge < -0.3 is 5.32 Å². The van der Waals surface area contributed by atoms with E-state index in [1.807, 2.05) is 20.8 Å². The maximum atomic E-state index is 12.4. The largest absolute Gasteiger partial charge is 0.322 e. The van der Waals surface area contributed by atoms with Crippen LogP contribution in [0.3, 0.4) is 0 Å². The van der Waals surface area contributed by atoms with Crippen molar-refractivity contribution in [2.75, 3.05) is 18.4 Å². The van der Waals surface area contributed by atoms with Crippen LogP contribution in [0, 0.1) is 27.7 Å². The SMILES string of the molecule is Cc1cc(C)n(C[C@@H]2CCCN2CC(=O)Nc2c(C)n[nH]c2C)n1. The van der Waals surface area contributed by atoms with Crippen LogP contribution in [-0.4, -0.2) is 49.9 Å². The summed E-state index contributed by atoms with van der Waals surface area (Å²) in [6.45, 7) is 10.1. The molecule has 1 aliphatic heterocycles. The van der Waals surface area contributed by atoms with E-state index in [0.29, 0.717) is 12.6 Å². The van der Waals surface area contributed by atoms with Crippen molar-refractivity contribution in [3.63, 3.8) is 0 Å². The van der Waals surface area contributed by atoms with Crippen molar-refractivity contribution in [2.24, 2.45) is 0 Å². The van der Waals surface area contributed by atoms with Crippen LogP contribution in [0.5, 0.6) is 0 Å². The summed E-state index contributed by atoms with van der Waals surface area (Å²) in [5, 5.41) is 14.6. The van der Waals surface area contributed by atoms with Gasteiger partial charge in [-0.3, -0.25) is 19.5 Å². The van der Waals surface area contributed by atoms with Crippen molar-refractivity contribution in [1.29, 1.82) is 0 Å². The predicted molar refractivity (Wildman–Crippen MR) is 93.0 cm³/mol. The molecule has 1 atom stereocenters. The monoisotopic (exact) mass is 330 g/mol. The molecular weight excluding hydrogens is 304 g/mol. The summed E-state index contributed by atoms with van der Waals surface area (Å²) in [5.74, 6) is 0.0165. The van der Waals surface area contributed by atoms with Crippen LogP contribution in [0.1, 0.15) is 35.6 Å². The number of anilines is 1. The van der Waals surface area contributed by atoms with Crippen LogP contribution in [0.25, 0.3) is 0 Å². The number of amides is 1. The Hall–Kier alpha value is -2.15. The third-order valence-electron chi connectivity index (χ3n) is 4.73. The van der Waals surface area contributed by atoms with Crippen LogP contribution in [0.4, 0.5) is 5.69 Å². The lowest BCUT2D eigenvalue weighted by molar-refractivity contribution is -0.117. The average Bonchev–Trinajstić information content (AvgIpc) is 3.17. The zero-order valence-corrected chi connectivity index (χ0v) is 14.9. The average molecular weight is 330 g/mol. The predicted octanol–water partition coefficient (Wildman–Crippen LogP) is 1.94. The van der Waals surface area contributed by atoms with Gasteiger partial charge in [0, 0.05) is 11.7 Å². The van der Waals surface area contributed by atoms with Gasteiger partial charge in [-0.05, 0) is 53.1 Å². The fourth-order valence-electron chi connectivity index (χ4n) is 3.47. The normalized spacial score (nSPS) is 18.2. The van der Waals surface area contributed by atoms with E-state index in [0.717, 1.165) is 48.7 Å². The first-order valence-corrected chi connectivity index (χ1v) is 8.50. The highest BCUT2D eigenvalue weighted by atomic mass is 16.2. The minimum atomic E-state index is 0.0165. The third kappa shape index (κ3) is 3.51. The summed E-state index contributed by atoms with van der Waals surface area (Å²) in [4.78, 5) is 14.7. The van der Waals surface area contributed by atoms with Gasteiger partial charge in [-0.15, -0.1) is 0 Å². The molecular formula is C17H26N6O. The van der Waals surface area contributed by atoms with Crippen molar-refractivity contribution < 1.29 is 4.79 Å². The lowest BCUT2D eigenvalue weighted by atomic mass is 10.2. The van der Waals surface area contributed by atoms with Gasteiger partial charge in [0.2, 0.25) is 5.91 Å². The maximum absolute atomic E-state index is 12.4. The van der Waals surface area contributed by atoms with Crippen molar-refractivity contribution in [1.82, 2.24) is 24.9 Å². The number of rotatable bonds is 5. The second-order valence-corrected chi connectivity index (χ2v) is 6.73. The van der Waals surface area contributed by atoms with Crippen LogP contribution in [0.15, 0.2) is 6.07 Å². The molecule has 0 bridgehead atoms. The fourth-order valence-corrected chi connectivity index (χ4v) is 3.47. The highest BCUT2D eigenvalue weighted by Crippen LogP contribution is 2.20. The Kier molecular flexibility index (Phi) is 4.71. The number of hydrogen-bond donors (Lipinski definition) is 2. The number of hydrogen-bond acceptors (Lipinski definition) is 4. The molecule has 0 aliphatic carbocycles. The molecule has 7 nitrogen and oxygen atoms in total. The Labute approximate surface area is 142 Å². The molecule has 1 saturated heterocycles. The van der Waals surface area contributed by atoms with Gasteiger partial charge in [0.05, 0.1) is 35.9 Å². The van der Waals surface area contributed by atoms with E-state index in [1.165, 1.54) is 5.69 Å². The number of H-pyrrole nitrogens is 1. The summed E-state index contributed by atoms with van der Waals surface area (Å²) < 4.78 is 2.06. The molecule has 24 heavy (non-hydrogen) atoms. The molecule has 0 spiro atoms. The van der Waals surface area contributed by atoms with Gasteiger partial charge in [0.15, 0.2) is 0 Å². The summed E-state index contributed by atoms with van der Waals surface area (Å²) >= 11 is 0. The van der Waals surface area contributed by atoms with E-state index < -0.39 is 0 Å². The topological polar surface area (TPSA) is 78.8 Å². The van der Waals surface area contributed by atoms with Crippen molar-refractivity contribution >= 4 is 11.6 Å². The molecule has 3 heterocycles. The molecule has 1 amide bonds. The number of nitrogens with zero attached hydrogens (tertiary/aromatic N) is 4. The summed E-state index contributed by atoms with van der Waals surface area (Å²) in [6, 6.07) is 2.46. The second-order valence-electron chi connectivity index (χ2n) is 6.73. The van der Waals surface area contributed by atoms with Gasteiger partial charge in [-0.1, -0.05) is 0 Å². The van der Waals surface area contributed by atoms with Gasteiger partial charge >= 0.3 is 0 Å². The van der Waals surface area contributed by atoms with Crippen molar-refractivity contribution in [3.8, 4) is 0 Å². The summed E-state index contributed by atoms with van der Waals surface area (Å²) in [7, 11) is 0. The van der Waals surface area contributed by atoms with Crippen LogP contribution in [0.2, 0.25) is 0 Å². The summed E-state index contributed by atoms with van der Waals surface area (Å²) in [5.41, 5.74) is 4.73. The number of aromatic nitrogens is 4. The molecule has 0 aromatic carbocycles. The van der Waals surface area contributed by atoms with Gasteiger partial charge in [-0.2, -0.15) is 10.2 Å². The Morgan fingerprint density at radius 1 is 1.38 bits per heavy atom. The molecule has 1 aliphatic rings. The molecule has 0 unspecified atom stereocenters. The van der Waals surface area contributed by atoms with Gasteiger partial charge in [-0.25, -0.2) is 0 Å². The van der Waals surface area contributed by atoms with Gasteiger partial charge in [0.25, 0.3) is 0 Å². The number of likely N-dealkylation sites (tertiary alicyclic amines) is 1. The molecule has 0 radical (unpaired) electrons. The van der Waals surface area contributed by atoms with Gasteiger partial charge in [0.1, 0.15) is 0 Å². The zero-order chi connectivity index (χ0) is 17.3. The van der Waals surface area contributed by atoms with E-state index >= 15 is 0 Å². The molecule has 3 rings (SSSR count). The number of aryl methyl sites for hydroxylation is 4. The van der Waals surface area contributed by atoms with E-state index in [9.17, 15) is 4.79 Å². The Balaban J connectivity index is 1.61. The number of aromatic amines is 1. The van der Waals surface area contributed by atoms with E-state index in [1.54, 1.807) is 0 Å². The Bertz CT molecular complexity index is 712. The van der Waals surface area contributed by atoms with E-state index in [-0.39, 0.29) is 5.91 Å². The lowest BCUT2D eigenvalue weighted by Gasteiger charge is -2.24. The Morgan fingerprint density at radius 2 is 2.17 bits per heavy atom. The molecule has 0 saturated carbocycles. The standard InChI is InChI=1S/C17H26N6O/c1-11-8-12(2)23(21-11)9-15-6-5-7-22(15)10-16(24)18-17-13(3)19-20-14(17)4/h8,15H,5-7,9-10H2,1-4H3,(H,18,24)(H,19,20)/t15-/m0/s1. The number of carbonyl (C=O) groups excluding carboxylic acids is 1. The third-order valence-corrected chi connectivity index (χ3v) is 4.73. The molecule has 130 valence electrons. The number of nitrogens with one attached hydrogen (secondary N) is 2. The molecule has 7 heteroatoms. The molecule has 2 aromatic heterocycles. The minimum absolute atomic E-state index is 0.0165. The zero-order valence-electron chi connectivity index (χ0n) is 14.9. The van der Waals surface area contributed by atoms with Crippen molar-refractivity contribution in [2.45, 2.75) is 53.1 Å². The number of carbonyl (C=O) groups is 1. The van der Waals surface area contributed by atoms with Crippen molar-refractivity contribution in [3.05, 3.63) is 28.8 Å². The second kappa shape index (κ2) is 6.76. The first kappa shape index (κ1) is 16.7. The van der Waals surface area contributed by atoms with E-state index in [2.05, 4.69) is 43.2 Å². The first-order valence-electron chi connectivity index (χ1n) is 8.50. The summed E-state index contributed by atoms with van der Waals surface area (Å²) in [6.07, 6.45) is 2.23. The van der Waals surface area contributed by atoms with E-state index in [4.69, 9.17) is 0 Å². The lowest BCUT2D eigenvalue weighted by Crippen LogP contribution is -2.39. The molecule has 1 fully saturated rings. The smallest absolute Gasteiger partial charge is 0.238 e. The Morgan fingerprint density at radius 3 is 2.79 bits per heavy atom. The highest BCUT2D eigenvalue weighted by Gasteiger charge is 2.27. The first-order chi connectivity index (χ1) is 11.4. The van der Waals surface area contributed by atoms with Crippen LogP contribution in [-0.2, 0) is 11.3 Å². The highest BCUT2D eigenvalue weighted by molar-refractivity contribution is 5.93.